The molecule has 0 aliphatic rings. The van der Waals surface area contributed by atoms with Crippen molar-refractivity contribution in [3.8, 4) is 0 Å². The summed E-state index contributed by atoms with van der Waals surface area (Å²) < 4.78 is 0. The summed E-state index contributed by atoms with van der Waals surface area (Å²) in [6.45, 7) is 0.862. The zero-order valence-electron chi connectivity index (χ0n) is 10.2. The van der Waals surface area contributed by atoms with Crippen molar-refractivity contribution in [3.05, 3.63) is 54.4 Å². The summed E-state index contributed by atoms with van der Waals surface area (Å²) in [5, 5.41) is 3.15. The van der Waals surface area contributed by atoms with E-state index in [-0.39, 0.29) is 0 Å². The molecule has 0 bridgehead atoms. The van der Waals surface area contributed by atoms with Gasteiger partial charge in [0.1, 0.15) is 0 Å². The van der Waals surface area contributed by atoms with Crippen LogP contribution in [-0.2, 0) is 6.54 Å². The van der Waals surface area contributed by atoms with Crippen LogP contribution in [0.25, 0.3) is 0 Å². The lowest BCUT2D eigenvalue weighted by molar-refractivity contribution is 0.915. The first kappa shape index (κ1) is 11.5. The maximum Gasteiger partial charge on any atom is 0.0441 e. The SMILES string of the molecule is CNc1cccc(N(C)Cc2cccnc2)c1. The molecule has 2 aromatic rings. The van der Waals surface area contributed by atoms with Crippen LogP contribution in [0.4, 0.5) is 11.4 Å². The molecule has 3 heteroatoms. The van der Waals surface area contributed by atoms with Gasteiger partial charge in [-0.15, -0.1) is 0 Å². The van der Waals surface area contributed by atoms with Crippen LogP contribution >= 0.6 is 0 Å². The highest BCUT2D eigenvalue weighted by Gasteiger charge is 2.02. The van der Waals surface area contributed by atoms with Crippen LogP contribution < -0.4 is 10.2 Å². The topological polar surface area (TPSA) is 28.2 Å². The van der Waals surface area contributed by atoms with E-state index in [4.69, 9.17) is 0 Å². The standard InChI is InChI=1S/C14H17N3/c1-15-13-6-3-7-14(9-13)17(2)11-12-5-4-8-16-10-12/h3-10,15H,11H2,1-2H3. The predicted octanol–water partition coefficient (Wildman–Crippen LogP) is 2.76. The van der Waals surface area contributed by atoms with Crippen LogP contribution in [0.5, 0.6) is 0 Å². The van der Waals surface area contributed by atoms with E-state index in [0.29, 0.717) is 0 Å². The minimum Gasteiger partial charge on any atom is -0.388 e. The number of anilines is 2. The van der Waals surface area contributed by atoms with E-state index in [1.54, 1.807) is 6.20 Å². The Kier molecular flexibility index (Phi) is 3.60. The minimum absolute atomic E-state index is 0.862. The second kappa shape index (κ2) is 5.34. The van der Waals surface area contributed by atoms with Gasteiger partial charge in [-0.1, -0.05) is 12.1 Å². The molecule has 3 nitrogen and oxygen atoms in total. The van der Waals surface area contributed by atoms with E-state index in [9.17, 15) is 0 Å². The van der Waals surface area contributed by atoms with Gasteiger partial charge in [0.15, 0.2) is 0 Å². The molecule has 0 spiro atoms. The minimum atomic E-state index is 0.862. The maximum atomic E-state index is 4.13. The van der Waals surface area contributed by atoms with Gasteiger partial charge in [-0.25, -0.2) is 0 Å². The zero-order valence-corrected chi connectivity index (χ0v) is 10.2. The van der Waals surface area contributed by atoms with E-state index in [1.807, 2.05) is 19.3 Å². The predicted molar refractivity (Wildman–Crippen MR) is 72.3 cm³/mol. The molecule has 1 aromatic heterocycles. The summed E-state index contributed by atoms with van der Waals surface area (Å²) in [5.41, 5.74) is 3.53. The Morgan fingerprint density at radius 3 is 2.82 bits per heavy atom. The van der Waals surface area contributed by atoms with Gasteiger partial charge in [0, 0.05) is 44.4 Å². The summed E-state index contributed by atoms with van der Waals surface area (Å²) in [5.74, 6) is 0. The quantitative estimate of drug-likeness (QED) is 0.870. The smallest absolute Gasteiger partial charge is 0.0441 e. The van der Waals surface area contributed by atoms with E-state index < -0.39 is 0 Å². The van der Waals surface area contributed by atoms with Crippen LogP contribution in [-0.4, -0.2) is 19.1 Å². The molecular weight excluding hydrogens is 210 g/mol. The summed E-state index contributed by atoms with van der Waals surface area (Å²) in [4.78, 5) is 6.33. The largest absolute Gasteiger partial charge is 0.388 e. The Hall–Kier alpha value is -2.03. The molecule has 1 heterocycles. The Morgan fingerprint density at radius 2 is 2.12 bits per heavy atom. The zero-order chi connectivity index (χ0) is 12.1. The van der Waals surface area contributed by atoms with Crippen molar-refractivity contribution in [2.24, 2.45) is 0 Å². The highest BCUT2D eigenvalue weighted by Crippen LogP contribution is 2.19. The molecule has 1 N–H and O–H groups in total. The van der Waals surface area contributed by atoms with Crippen molar-refractivity contribution in [1.29, 1.82) is 0 Å². The van der Waals surface area contributed by atoms with Gasteiger partial charge in [0.05, 0.1) is 0 Å². The number of benzene rings is 1. The molecule has 0 unspecified atom stereocenters. The van der Waals surface area contributed by atoms with Crippen molar-refractivity contribution in [2.45, 2.75) is 6.54 Å². The van der Waals surface area contributed by atoms with Crippen molar-refractivity contribution in [3.63, 3.8) is 0 Å². The first-order valence-corrected chi connectivity index (χ1v) is 5.67. The second-order valence-electron chi connectivity index (χ2n) is 4.02. The number of hydrogen-bond acceptors (Lipinski definition) is 3. The molecule has 0 atom stereocenters. The molecule has 0 radical (unpaired) electrons. The summed E-state index contributed by atoms with van der Waals surface area (Å²) in [6, 6.07) is 12.4. The highest BCUT2D eigenvalue weighted by atomic mass is 15.1. The third-order valence-corrected chi connectivity index (χ3v) is 2.72. The normalized spacial score (nSPS) is 10.0. The summed E-state index contributed by atoms with van der Waals surface area (Å²) in [6.07, 6.45) is 3.70. The molecule has 0 fully saturated rings. The van der Waals surface area contributed by atoms with Gasteiger partial charge in [-0.05, 0) is 29.8 Å². The average Bonchev–Trinajstić information content (AvgIpc) is 2.40. The van der Waals surface area contributed by atoms with Crippen LogP contribution in [0, 0.1) is 0 Å². The molecule has 17 heavy (non-hydrogen) atoms. The van der Waals surface area contributed by atoms with Gasteiger partial charge in [-0.2, -0.15) is 0 Å². The second-order valence-corrected chi connectivity index (χ2v) is 4.02. The Labute approximate surface area is 102 Å². The van der Waals surface area contributed by atoms with Gasteiger partial charge < -0.3 is 10.2 Å². The van der Waals surface area contributed by atoms with Crippen molar-refractivity contribution in [1.82, 2.24) is 4.98 Å². The number of pyridine rings is 1. The monoisotopic (exact) mass is 227 g/mol. The maximum absolute atomic E-state index is 4.13. The van der Waals surface area contributed by atoms with E-state index in [2.05, 4.69) is 52.6 Å². The Bertz CT molecular complexity index is 468. The molecule has 0 saturated heterocycles. The fourth-order valence-electron chi connectivity index (χ4n) is 1.76. The Morgan fingerprint density at radius 1 is 1.24 bits per heavy atom. The van der Waals surface area contributed by atoms with Crippen molar-refractivity contribution < 1.29 is 0 Å². The lowest BCUT2D eigenvalue weighted by Crippen LogP contribution is -2.16. The van der Waals surface area contributed by atoms with Crippen LogP contribution in [0.15, 0.2) is 48.8 Å². The highest BCUT2D eigenvalue weighted by molar-refractivity contribution is 5.57. The van der Waals surface area contributed by atoms with E-state index in [0.717, 1.165) is 12.2 Å². The fraction of sp³-hybridized carbons (Fsp3) is 0.214. The molecule has 0 amide bonds. The van der Waals surface area contributed by atoms with Gasteiger partial charge >= 0.3 is 0 Å². The van der Waals surface area contributed by atoms with Crippen molar-refractivity contribution in [2.75, 3.05) is 24.3 Å². The summed E-state index contributed by atoms with van der Waals surface area (Å²) >= 11 is 0. The average molecular weight is 227 g/mol. The molecule has 88 valence electrons. The number of nitrogens with zero attached hydrogens (tertiary/aromatic N) is 2. The number of nitrogens with one attached hydrogen (secondary N) is 1. The van der Waals surface area contributed by atoms with E-state index >= 15 is 0 Å². The molecular formula is C14H17N3. The molecule has 2 rings (SSSR count). The summed E-state index contributed by atoms with van der Waals surface area (Å²) in [7, 11) is 4.02. The molecule has 0 aliphatic carbocycles. The fourth-order valence-corrected chi connectivity index (χ4v) is 1.76. The first-order valence-electron chi connectivity index (χ1n) is 5.67. The van der Waals surface area contributed by atoms with Crippen LogP contribution in [0.1, 0.15) is 5.56 Å². The van der Waals surface area contributed by atoms with Crippen LogP contribution in [0.3, 0.4) is 0 Å². The lowest BCUT2D eigenvalue weighted by Gasteiger charge is -2.19. The molecule has 1 aromatic carbocycles. The number of rotatable bonds is 4. The first-order chi connectivity index (χ1) is 8.29. The van der Waals surface area contributed by atoms with Crippen molar-refractivity contribution >= 4 is 11.4 Å². The third-order valence-electron chi connectivity index (χ3n) is 2.72. The lowest BCUT2D eigenvalue weighted by atomic mass is 10.2. The third kappa shape index (κ3) is 2.97. The van der Waals surface area contributed by atoms with Gasteiger partial charge in [0.2, 0.25) is 0 Å². The molecule has 0 aliphatic heterocycles. The Balaban J connectivity index is 2.11. The number of hydrogen-bond donors (Lipinski definition) is 1. The number of aromatic nitrogens is 1. The van der Waals surface area contributed by atoms with E-state index in [1.165, 1.54) is 11.3 Å². The van der Waals surface area contributed by atoms with Gasteiger partial charge in [-0.3, -0.25) is 4.98 Å². The van der Waals surface area contributed by atoms with Crippen LogP contribution in [0.2, 0.25) is 0 Å². The molecule has 0 saturated carbocycles. The van der Waals surface area contributed by atoms with Gasteiger partial charge in [0.25, 0.3) is 0 Å².